The number of para-hydroxylation sites is 1. The number of ether oxygens (including phenoxy) is 1. The molecule has 122 valence electrons. The SMILES string of the molecule is Cc1ccccc1OC[C@@H]1CCCN(C(=O)c2cn(C)cn2)C1. The number of carbonyl (C=O) groups excluding carboxylic acids is 1. The third kappa shape index (κ3) is 3.73. The zero-order chi connectivity index (χ0) is 16.2. The Morgan fingerprint density at radius 3 is 2.96 bits per heavy atom. The zero-order valence-corrected chi connectivity index (χ0v) is 13.7. The Balaban J connectivity index is 1.58. The van der Waals surface area contributed by atoms with Crippen LogP contribution in [0, 0.1) is 12.8 Å². The average molecular weight is 313 g/mol. The van der Waals surface area contributed by atoms with E-state index in [4.69, 9.17) is 4.74 Å². The van der Waals surface area contributed by atoms with Crippen molar-refractivity contribution < 1.29 is 9.53 Å². The van der Waals surface area contributed by atoms with E-state index in [9.17, 15) is 4.79 Å². The van der Waals surface area contributed by atoms with Crippen molar-refractivity contribution in [3.63, 3.8) is 0 Å². The molecule has 0 unspecified atom stereocenters. The smallest absolute Gasteiger partial charge is 0.274 e. The lowest BCUT2D eigenvalue weighted by Gasteiger charge is -2.32. The molecule has 0 saturated carbocycles. The Kier molecular flexibility index (Phi) is 4.65. The minimum atomic E-state index is 0.0196. The van der Waals surface area contributed by atoms with Crippen LogP contribution in [0.4, 0.5) is 0 Å². The van der Waals surface area contributed by atoms with Gasteiger partial charge in [0.25, 0.3) is 5.91 Å². The molecule has 1 aromatic heterocycles. The summed E-state index contributed by atoms with van der Waals surface area (Å²) in [7, 11) is 1.87. The molecule has 5 nitrogen and oxygen atoms in total. The van der Waals surface area contributed by atoms with Crippen molar-refractivity contribution in [1.29, 1.82) is 0 Å². The highest BCUT2D eigenvalue weighted by atomic mass is 16.5. The van der Waals surface area contributed by atoms with Crippen LogP contribution in [0.25, 0.3) is 0 Å². The van der Waals surface area contributed by atoms with Crippen LogP contribution in [-0.4, -0.2) is 40.1 Å². The van der Waals surface area contributed by atoms with Crippen LogP contribution in [0.1, 0.15) is 28.9 Å². The van der Waals surface area contributed by atoms with Crippen molar-refractivity contribution in [2.24, 2.45) is 13.0 Å². The van der Waals surface area contributed by atoms with Crippen molar-refractivity contribution in [2.75, 3.05) is 19.7 Å². The maximum atomic E-state index is 12.5. The van der Waals surface area contributed by atoms with Gasteiger partial charge in [-0.05, 0) is 31.4 Å². The summed E-state index contributed by atoms with van der Waals surface area (Å²) < 4.78 is 7.76. The van der Waals surface area contributed by atoms with E-state index < -0.39 is 0 Å². The molecular formula is C18H23N3O2. The van der Waals surface area contributed by atoms with Gasteiger partial charge in [-0.1, -0.05) is 18.2 Å². The van der Waals surface area contributed by atoms with Crippen LogP contribution in [0.5, 0.6) is 5.75 Å². The van der Waals surface area contributed by atoms with Gasteiger partial charge in [-0.15, -0.1) is 0 Å². The number of aromatic nitrogens is 2. The fourth-order valence-corrected chi connectivity index (χ4v) is 3.00. The quantitative estimate of drug-likeness (QED) is 0.872. The van der Waals surface area contributed by atoms with E-state index in [1.54, 1.807) is 17.1 Å². The van der Waals surface area contributed by atoms with Gasteiger partial charge in [-0.2, -0.15) is 0 Å². The molecule has 5 heteroatoms. The van der Waals surface area contributed by atoms with Crippen molar-refractivity contribution in [2.45, 2.75) is 19.8 Å². The lowest BCUT2D eigenvalue weighted by atomic mass is 9.98. The Bertz CT molecular complexity index is 680. The fraction of sp³-hybridized carbons (Fsp3) is 0.444. The summed E-state index contributed by atoms with van der Waals surface area (Å²) in [6.07, 6.45) is 5.55. The van der Waals surface area contributed by atoms with Crippen LogP contribution in [0.2, 0.25) is 0 Å². The number of benzene rings is 1. The first kappa shape index (κ1) is 15.6. The maximum Gasteiger partial charge on any atom is 0.274 e. The number of rotatable bonds is 4. The molecule has 0 bridgehead atoms. The summed E-state index contributed by atoms with van der Waals surface area (Å²) in [6.45, 7) is 4.24. The van der Waals surface area contributed by atoms with E-state index in [0.29, 0.717) is 18.2 Å². The van der Waals surface area contributed by atoms with E-state index in [1.165, 1.54) is 0 Å². The highest BCUT2D eigenvalue weighted by molar-refractivity contribution is 5.92. The van der Waals surface area contributed by atoms with Gasteiger partial charge in [0.2, 0.25) is 0 Å². The Hall–Kier alpha value is -2.30. The van der Waals surface area contributed by atoms with Crippen LogP contribution < -0.4 is 4.74 Å². The van der Waals surface area contributed by atoms with Crippen LogP contribution in [0.15, 0.2) is 36.8 Å². The summed E-state index contributed by atoms with van der Waals surface area (Å²) >= 11 is 0. The topological polar surface area (TPSA) is 47.4 Å². The molecule has 0 aliphatic carbocycles. The maximum absolute atomic E-state index is 12.5. The predicted molar refractivity (Wildman–Crippen MR) is 88.5 cm³/mol. The van der Waals surface area contributed by atoms with Crippen LogP contribution in [-0.2, 0) is 7.05 Å². The van der Waals surface area contributed by atoms with E-state index >= 15 is 0 Å². The van der Waals surface area contributed by atoms with E-state index in [0.717, 1.165) is 37.2 Å². The van der Waals surface area contributed by atoms with Crippen LogP contribution >= 0.6 is 0 Å². The zero-order valence-electron chi connectivity index (χ0n) is 13.7. The summed E-state index contributed by atoms with van der Waals surface area (Å²) in [5.74, 6) is 1.32. The van der Waals surface area contributed by atoms with E-state index in [2.05, 4.69) is 4.98 Å². The predicted octanol–water partition coefficient (Wildman–Crippen LogP) is 2.66. The van der Waals surface area contributed by atoms with Gasteiger partial charge in [-0.25, -0.2) is 4.98 Å². The lowest BCUT2D eigenvalue weighted by Crippen LogP contribution is -2.41. The normalized spacial score (nSPS) is 18.0. The van der Waals surface area contributed by atoms with Crippen molar-refractivity contribution in [1.82, 2.24) is 14.5 Å². The second-order valence-corrected chi connectivity index (χ2v) is 6.26. The largest absolute Gasteiger partial charge is 0.493 e. The molecule has 0 radical (unpaired) electrons. The Labute approximate surface area is 136 Å². The molecule has 1 fully saturated rings. The van der Waals surface area contributed by atoms with Gasteiger partial charge in [0.15, 0.2) is 0 Å². The minimum absolute atomic E-state index is 0.0196. The molecule has 1 aliphatic rings. The summed E-state index contributed by atoms with van der Waals surface area (Å²) in [5.41, 5.74) is 1.66. The number of hydrogen-bond acceptors (Lipinski definition) is 3. The van der Waals surface area contributed by atoms with Gasteiger partial charge in [0.1, 0.15) is 11.4 Å². The van der Waals surface area contributed by atoms with Gasteiger partial charge in [0, 0.05) is 32.3 Å². The van der Waals surface area contributed by atoms with Gasteiger partial charge >= 0.3 is 0 Å². The second-order valence-electron chi connectivity index (χ2n) is 6.26. The molecule has 3 rings (SSSR count). The van der Waals surface area contributed by atoms with Crippen molar-refractivity contribution in [3.8, 4) is 5.75 Å². The molecule has 23 heavy (non-hydrogen) atoms. The fourth-order valence-electron chi connectivity index (χ4n) is 3.00. The summed E-state index contributed by atoms with van der Waals surface area (Å²) in [6, 6.07) is 8.04. The van der Waals surface area contributed by atoms with Crippen molar-refractivity contribution >= 4 is 5.91 Å². The van der Waals surface area contributed by atoms with Gasteiger partial charge in [0.05, 0.1) is 12.9 Å². The number of amides is 1. The van der Waals surface area contributed by atoms with Gasteiger partial charge < -0.3 is 14.2 Å². The Morgan fingerprint density at radius 1 is 1.39 bits per heavy atom. The first-order chi connectivity index (χ1) is 11.1. The highest BCUT2D eigenvalue weighted by Crippen LogP contribution is 2.22. The Morgan fingerprint density at radius 2 is 2.22 bits per heavy atom. The first-order valence-electron chi connectivity index (χ1n) is 8.09. The molecule has 2 heterocycles. The summed E-state index contributed by atoms with van der Waals surface area (Å²) in [4.78, 5) is 18.6. The molecule has 2 aromatic rings. The number of likely N-dealkylation sites (tertiary alicyclic amines) is 1. The third-order valence-corrected chi connectivity index (χ3v) is 4.30. The number of nitrogens with zero attached hydrogens (tertiary/aromatic N) is 3. The molecular weight excluding hydrogens is 290 g/mol. The number of piperidine rings is 1. The minimum Gasteiger partial charge on any atom is -0.493 e. The molecule has 0 N–H and O–H groups in total. The highest BCUT2D eigenvalue weighted by Gasteiger charge is 2.26. The van der Waals surface area contributed by atoms with E-state index in [-0.39, 0.29) is 5.91 Å². The molecule has 1 aliphatic heterocycles. The standard InChI is InChI=1S/C18H23N3O2/c1-14-6-3-4-8-17(14)23-12-15-7-5-9-21(10-15)18(22)16-11-20(2)13-19-16/h3-4,6,8,11,13,15H,5,7,9-10,12H2,1-2H3/t15-/m1/s1. The molecule has 1 amide bonds. The number of carbonyl (C=O) groups is 1. The van der Waals surface area contributed by atoms with Crippen molar-refractivity contribution in [3.05, 3.63) is 48.0 Å². The summed E-state index contributed by atoms with van der Waals surface area (Å²) in [5, 5.41) is 0. The van der Waals surface area contributed by atoms with E-state index in [1.807, 2.05) is 43.1 Å². The lowest BCUT2D eigenvalue weighted by molar-refractivity contribution is 0.0627. The number of imidazole rings is 1. The molecule has 1 saturated heterocycles. The number of hydrogen-bond donors (Lipinski definition) is 0. The second kappa shape index (κ2) is 6.86. The third-order valence-electron chi connectivity index (χ3n) is 4.30. The molecule has 0 spiro atoms. The molecule has 1 atom stereocenters. The first-order valence-corrected chi connectivity index (χ1v) is 8.09. The monoisotopic (exact) mass is 313 g/mol. The van der Waals surface area contributed by atoms with Crippen LogP contribution in [0.3, 0.4) is 0 Å². The number of aryl methyl sites for hydroxylation is 2. The molecule has 1 aromatic carbocycles. The van der Waals surface area contributed by atoms with Gasteiger partial charge in [-0.3, -0.25) is 4.79 Å². The average Bonchev–Trinajstić information content (AvgIpc) is 3.00.